The summed E-state index contributed by atoms with van der Waals surface area (Å²) in [5, 5.41) is 14.5. The van der Waals surface area contributed by atoms with Crippen LogP contribution in [0.3, 0.4) is 0 Å². The molecule has 2 aromatic carbocycles. The van der Waals surface area contributed by atoms with Crippen molar-refractivity contribution in [3.05, 3.63) is 86.6 Å². The highest BCUT2D eigenvalue weighted by molar-refractivity contribution is 6.03. The number of benzene rings is 2. The fourth-order valence-corrected chi connectivity index (χ4v) is 3.27. The third-order valence-electron chi connectivity index (χ3n) is 4.94. The first kappa shape index (κ1) is 18.5. The molecule has 3 aromatic rings. The minimum Gasteiger partial charge on any atom is -0.494 e. The number of para-hydroxylation sites is 1. The molecule has 0 fully saturated rings. The Morgan fingerprint density at radius 3 is 2.34 bits per heavy atom. The van der Waals surface area contributed by atoms with Gasteiger partial charge in [0.25, 0.3) is 5.56 Å². The molecule has 0 radical (unpaired) electrons. The predicted molar refractivity (Wildman–Crippen MR) is 109 cm³/mol. The van der Waals surface area contributed by atoms with E-state index < -0.39 is 11.2 Å². The Morgan fingerprint density at radius 2 is 1.66 bits per heavy atom. The van der Waals surface area contributed by atoms with E-state index >= 15 is 0 Å². The maximum atomic E-state index is 12.5. The molecule has 0 amide bonds. The summed E-state index contributed by atoms with van der Waals surface area (Å²) in [6, 6.07) is 16.9. The molecule has 1 aliphatic heterocycles. The minimum atomic E-state index is -0.589. The van der Waals surface area contributed by atoms with E-state index in [1.807, 2.05) is 54.6 Å². The molecule has 2 heterocycles. The zero-order valence-corrected chi connectivity index (χ0v) is 16.0. The Kier molecular flexibility index (Phi) is 4.67. The Bertz CT molecular complexity index is 1190. The fraction of sp³-hybridized carbons (Fsp3) is 0.190. The number of nitrogens with zero attached hydrogens (tertiary/aromatic N) is 3. The van der Waals surface area contributed by atoms with Crippen molar-refractivity contribution in [2.24, 2.45) is 19.2 Å². The van der Waals surface area contributed by atoms with Crippen molar-refractivity contribution in [1.29, 1.82) is 0 Å². The summed E-state index contributed by atoms with van der Waals surface area (Å²) < 4.78 is 7.79. The number of aromatic nitrogens is 2. The molecular weight excluding hydrogens is 372 g/mol. The van der Waals surface area contributed by atoms with E-state index in [9.17, 15) is 14.7 Å². The molecule has 2 N–H and O–H groups in total. The van der Waals surface area contributed by atoms with Crippen LogP contribution < -0.4 is 21.4 Å². The predicted octanol–water partition coefficient (Wildman–Crippen LogP) is 2.02. The average molecular weight is 392 g/mol. The van der Waals surface area contributed by atoms with Crippen LogP contribution >= 0.6 is 0 Å². The van der Waals surface area contributed by atoms with Crippen LogP contribution in [-0.2, 0) is 14.1 Å². The van der Waals surface area contributed by atoms with Gasteiger partial charge in [-0.2, -0.15) is 5.10 Å². The molecule has 1 aliphatic rings. The first-order chi connectivity index (χ1) is 14.0. The van der Waals surface area contributed by atoms with Gasteiger partial charge in [0.15, 0.2) is 0 Å². The van der Waals surface area contributed by atoms with Gasteiger partial charge in [-0.25, -0.2) is 4.79 Å². The van der Waals surface area contributed by atoms with Crippen LogP contribution in [0.4, 0.5) is 0 Å². The number of nitrogens with one attached hydrogen (secondary N) is 1. The Labute approximate surface area is 166 Å². The Morgan fingerprint density at radius 1 is 1.00 bits per heavy atom. The molecule has 0 spiro atoms. The summed E-state index contributed by atoms with van der Waals surface area (Å²) in [6.45, 7) is 0. The molecule has 8 heteroatoms. The number of ether oxygens (including phenoxy) is 1. The van der Waals surface area contributed by atoms with Gasteiger partial charge in [-0.15, -0.1) is 0 Å². The van der Waals surface area contributed by atoms with Crippen LogP contribution in [0.15, 0.2) is 69.3 Å². The van der Waals surface area contributed by atoms with Gasteiger partial charge in [0.05, 0.1) is 11.8 Å². The second-order valence-electron chi connectivity index (χ2n) is 6.83. The molecule has 0 bridgehead atoms. The summed E-state index contributed by atoms with van der Waals surface area (Å²) >= 11 is 0. The molecule has 1 atom stereocenters. The number of hydrogen-bond acceptors (Lipinski definition) is 6. The average Bonchev–Trinajstić information content (AvgIpc) is 3.22. The topological polar surface area (TPSA) is 97.8 Å². The van der Waals surface area contributed by atoms with Crippen LogP contribution in [0.2, 0.25) is 0 Å². The Hall–Kier alpha value is -3.81. The van der Waals surface area contributed by atoms with E-state index in [4.69, 9.17) is 4.74 Å². The molecule has 4 rings (SSSR count). The molecule has 8 nitrogen and oxygen atoms in total. The standard InChI is InChI=1S/C21H20N4O4/c1-24-19(26)18(20(27)25(2)21(24)28)17-12-16(22-23-17)13-8-10-15(11-9-13)29-14-6-4-3-5-7-14/h3-11,16,22,26H,12H2,1-2H3. The van der Waals surface area contributed by atoms with Crippen LogP contribution in [-0.4, -0.2) is 20.0 Å². The van der Waals surface area contributed by atoms with Gasteiger partial charge < -0.3 is 15.3 Å². The van der Waals surface area contributed by atoms with E-state index in [1.165, 1.54) is 14.1 Å². The van der Waals surface area contributed by atoms with Gasteiger partial charge >= 0.3 is 5.69 Å². The molecule has 1 aromatic heterocycles. The lowest BCUT2D eigenvalue weighted by Crippen LogP contribution is -2.39. The fourth-order valence-electron chi connectivity index (χ4n) is 3.27. The third kappa shape index (κ3) is 3.40. The van der Waals surface area contributed by atoms with Crippen molar-refractivity contribution in [1.82, 2.24) is 14.6 Å². The monoisotopic (exact) mass is 392 g/mol. The molecule has 148 valence electrons. The highest BCUT2D eigenvalue weighted by Crippen LogP contribution is 2.28. The third-order valence-corrected chi connectivity index (χ3v) is 4.94. The van der Waals surface area contributed by atoms with Crippen molar-refractivity contribution in [3.8, 4) is 17.4 Å². The molecule has 0 saturated heterocycles. The van der Waals surface area contributed by atoms with Crippen LogP contribution in [0.5, 0.6) is 17.4 Å². The number of hydrazone groups is 1. The van der Waals surface area contributed by atoms with Gasteiger partial charge in [0.1, 0.15) is 17.1 Å². The second-order valence-corrected chi connectivity index (χ2v) is 6.83. The lowest BCUT2D eigenvalue weighted by Gasteiger charge is -2.12. The van der Waals surface area contributed by atoms with Gasteiger partial charge in [-0.1, -0.05) is 30.3 Å². The summed E-state index contributed by atoms with van der Waals surface area (Å²) in [6.07, 6.45) is 0.403. The Balaban J connectivity index is 1.53. The number of rotatable bonds is 4. The number of hydrogen-bond donors (Lipinski definition) is 2. The molecule has 29 heavy (non-hydrogen) atoms. The van der Waals surface area contributed by atoms with Crippen molar-refractivity contribution >= 4 is 5.71 Å². The summed E-state index contributed by atoms with van der Waals surface area (Å²) in [4.78, 5) is 24.4. The smallest absolute Gasteiger partial charge is 0.333 e. The van der Waals surface area contributed by atoms with Gasteiger partial charge in [0.2, 0.25) is 5.88 Å². The van der Waals surface area contributed by atoms with Crippen LogP contribution in [0.25, 0.3) is 0 Å². The van der Waals surface area contributed by atoms with Crippen molar-refractivity contribution in [3.63, 3.8) is 0 Å². The first-order valence-corrected chi connectivity index (χ1v) is 9.10. The maximum absolute atomic E-state index is 12.5. The molecule has 0 saturated carbocycles. The van der Waals surface area contributed by atoms with E-state index in [-0.39, 0.29) is 17.5 Å². The quantitative estimate of drug-likeness (QED) is 0.708. The highest BCUT2D eigenvalue weighted by atomic mass is 16.5. The van der Waals surface area contributed by atoms with E-state index in [0.717, 1.165) is 20.4 Å². The first-order valence-electron chi connectivity index (χ1n) is 9.10. The molecular formula is C21H20N4O4. The SMILES string of the molecule is Cn1c(O)c(C2=NNC(c3ccc(Oc4ccccc4)cc3)C2)c(=O)n(C)c1=O. The van der Waals surface area contributed by atoms with Crippen LogP contribution in [0.1, 0.15) is 23.6 Å². The summed E-state index contributed by atoms with van der Waals surface area (Å²) in [5.74, 6) is 1.08. The summed E-state index contributed by atoms with van der Waals surface area (Å²) in [5.41, 5.74) is 3.25. The largest absolute Gasteiger partial charge is 0.494 e. The maximum Gasteiger partial charge on any atom is 0.333 e. The van der Waals surface area contributed by atoms with Crippen molar-refractivity contribution < 1.29 is 9.84 Å². The lowest BCUT2D eigenvalue weighted by atomic mass is 10.00. The number of aromatic hydroxyl groups is 1. The van der Waals surface area contributed by atoms with Gasteiger partial charge in [-0.05, 0) is 29.8 Å². The minimum absolute atomic E-state index is 0.0358. The van der Waals surface area contributed by atoms with Gasteiger partial charge in [-0.3, -0.25) is 13.9 Å². The zero-order valence-electron chi connectivity index (χ0n) is 16.0. The van der Waals surface area contributed by atoms with Crippen LogP contribution in [0, 0.1) is 0 Å². The van der Waals surface area contributed by atoms with E-state index in [2.05, 4.69) is 10.5 Å². The lowest BCUT2D eigenvalue weighted by molar-refractivity contribution is 0.410. The summed E-state index contributed by atoms with van der Waals surface area (Å²) in [7, 11) is 2.78. The highest BCUT2D eigenvalue weighted by Gasteiger charge is 2.27. The van der Waals surface area contributed by atoms with Gasteiger partial charge in [0, 0.05) is 20.5 Å². The van der Waals surface area contributed by atoms with Crippen molar-refractivity contribution in [2.45, 2.75) is 12.5 Å². The van der Waals surface area contributed by atoms with Crippen molar-refractivity contribution in [2.75, 3.05) is 0 Å². The van der Waals surface area contributed by atoms with E-state index in [1.54, 1.807) is 0 Å². The van der Waals surface area contributed by atoms with E-state index in [0.29, 0.717) is 17.9 Å². The second kappa shape index (κ2) is 7.31. The normalized spacial score (nSPS) is 15.7. The molecule has 1 unspecified atom stereocenters. The zero-order chi connectivity index (χ0) is 20.5. The molecule has 0 aliphatic carbocycles.